The minimum absolute atomic E-state index is 0.0186. The summed E-state index contributed by atoms with van der Waals surface area (Å²) in [4.78, 5) is 15.8. The number of aromatic nitrogens is 1. The van der Waals surface area contributed by atoms with E-state index in [1.165, 1.54) is 18.2 Å². The number of nitrogens with one attached hydrogen (secondary N) is 1. The molecule has 0 fully saturated rings. The molecule has 0 unspecified atom stereocenters. The Kier molecular flexibility index (Phi) is 8.96. The molecule has 0 atom stereocenters. The van der Waals surface area contributed by atoms with E-state index in [2.05, 4.69) is 16.2 Å². The van der Waals surface area contributed by atoms with E-state index in [0.29, 0.717) is 6.07 Å². The first-order valence-corrected chi connectivity index (χ1v) is 15.5. The fourth-order valence-electron chi connectivity index (χ4n) is 2.97. The molecule has 0 saturated carbocycles. The molecule has 1 radical (unpaired) electrons. The third kappa shape index (κ3) is 8.16. The van der Waals surface area contributed by atoms with Crippen molar-refractivity contribution in [3.05, 3.63) is 88.6 Å². The number of carbonyl (C=O) groups is 1. The number of pyridine rings is 1. The summed E-state index contributed by atoms with van der Waals surface area (Å²) in [5.74, 6) is -0.272. The third-order valence-corrected chi connectivity index (χ3v) is 9.33. The molecular weight excluding hydrogens is 594 g/mol. The van der Waals surface area contributed by atoms with Crippen molar-refractivity contribution in [2.24, 2.45) is 0 Å². The molecular formula is C25H17AsF5N2O4S. The maximum atomic E-state index is 14.5. The molecule has 2 aromatic carbocycles. The number of hydrogen-bond donors (Lipinski definition) is 1. The molecule has 0 aliphatic carbocycles. The fourth-order valence-corrected chi connectivity index (χ4v) is 7.15. The number of ether oxygens (including phenoxy) is 1. The Morgan fingerprint density at radius 2 is 1.84 bits per heavy atom. The van der Waals surface area contributed by atoms with Crippen molar-refractivity contribution >= 4 is 39.0 Å². The molecule has 1 amide bonds. The van der Waals surface area contributed by atoms with Crippen molar-refractivity contribution < 1.29 is 39.9 Å². The van der Waals surface area contributed by atoms with Crippen molar-refractivity contribution in [3.63, 3.8) is 0 Å². The van der Waals surface area contributed by atoms with E-state index in [-0.39, 0.29) is 33.3 Å². The SMILES string of the molecule is C#Cc1cc(CNC(=O)C=Cc2ccc(C(F)(F)F)nc2Oc2ccc(F)cc2)cc(F)c1[As]S(C)(=O)=O. The zero-order chi connectivity index (χ0) is 28.1. The normalized spacial score (nSPS) is 12.1. The quantitative estimate of drug-likeness (QED) is 0.182. The Hall–Kier alpha value is -3.68. The first-order valence-electron chi connectivity index (χ1n) is 10.4. The van der Waals surface area contributed by atoms with Gasteiger partial charge in [0.05, 0.1) is 0 Å². The molecule has 1 aromatic heterocycles. The topological polar surface area (TPSA) is 85.4 Å². The Morgan fingerprint density at radius 3 is 2.45 bits per heavy atom. The van der Waals surface area contributed by atoms with Gasteiger partial charge in [0.2, 0.25) is 0 Å². The van der Waals surface area contributed by atoms with Crippen LogP contribution in [0, 0.1) is 24.0 Å². The standard InChI is InChI=1S/C25H17AsF5N2O4S/c1-3-16-12-15(13-20(28)23(16)26-38(2,35)36)14-32-22(34)11-5-17-4-10-21(25(29,30)31)33-24(17)37-19-8-6-18(27)7-9-19/h1,4-13H,14H2,2H3,(H,32,34). The molecule has 1 heterocycles. The fraction of sp³-hybridized carbons (Fsp3) is 0.120. The van der Waals surface area contributed by atoms with E-state index in [1.54, 1.807) is 0 Å². The van der Waals surface area contributed by atoms with Crippen molar-refractivity contribution in [1.82, 2.24) is 10.3 Å². The Bertz CT molecular complexity index is 1530. The van der Waals surface area contributed by atoms with Gasteiger partial charge in [-0.1, -0.05) is 0 Å². The Balaban J connectivity index is 1.78. The number of amides is 1. The summed E-state index contributed by atoms with van der Waals surface area (Å²) in [7, 11) is -3.46. The van der Waals surface area contributed by atoms with Gasteiger partial charge in [0.1, 0.15) is 17.3 Å². The van der Waals surface area contributed by atoms with E-state index in [1.807, 2.05) is 0 Å². The molecule has 0 aliphatic rings. The minimum atomic E-state index is -4.76. The molecule has 0 bridgehead atoms. The van der Waals surface area contributed by atoms with Gasteiger partial charge in [0, 0.05) is 0 Å². The van der Waals surface area contributed by atoms with Crippen LogP contribution in [0.2, 0.25) is 0 Å². The van der Waals surface area contributed by atoms with Gasteiger partial charge in [-0.2, -0.15) is 13.2 Å². The summed E-state index contributed by atoms with van der Waals surface area (Å²) < 4.78 is 95.5. The molecule has 6 nitrogen and oxygen atoms in total. The number of rotatable bonds is 8. The number of benzene rings is 2. The van der Waals surface area contributed by atoms with Crippen LogP contribution < -0.4 is 14.4 Å². The molecule has 13 heteroatoms. The predicted molar refractivity (Wildman–Crippen MR) is 131 cm³/mol. The van der Waals surface area contributed by atoms with Crippen LogP contribution >= 0.6 is 0 Å². The second-order valence-electron chi connectivity index (χ2n) is 7.64. The second kappa shape index (κ2) is 11.8. The first kappa shape index (κ1) is 28.9. The number of hydrogen-bond acceptors (Lipinski definition) is 5. The monoisotopic (exact) mass is 611 g/mol. The molecule has 3 rings (SSSR count). The van der Waals surface area contributed by atoms with Gasteiger partial charge < -0.3 is 0 Å². The average molecular weight is 611 g/mol. The van der Waals surface area contributed by atoms with Gasteiger partial charge in [-0.3, -0.25) is 0 Å². The van der Waals surface area contributed by atoms with E-state index >= 15 is 0 Å². The summed E-state index contributed by atoms with van der Waals surface area (Å²) in [5.41, 5.74) is -0.878. The molecule has 0 spiro atoms. The number of halogens is 5. The summed E-state index contributed by atoms with van der Waals surface area (Å²) in [6, 6.07) is 8.71. The second-order valence-corrected chi connectivity index (χ2v) is 15.5. The van der Waals surface area contributed by atoms with Crippen LogP contribution in [0.5, 0.6) is 11.6 Å². The van der Waals surface area contributed by atoms with Crippen molar-refractivity contribution in [2.75, 3.05) is 6.26 Å². The summed E-state index contributed by atoms with van der Waals surface area (Å²) in [6.45, 7) is -0.172. The van der Waals surface area contributed by atoms with Gasteiger partial charge in [0.15, 0.2) is 0 Å². The molecule has 0 aliphatic heterocycles. The van der Waals surface area contributed by atoms with Crippen LogP contribution in [0.3, 0.4) is 0 Å². The van der Waals surface area contributed by atoms with Crippen LogP contribution in [-0.2, 0) is 25.6 Å². The molecule has 197 valence electrons. The van der Waals surface area contributed by atoms with Crippen LogP contribution in [0.15, 0.2) is 54.6 Å². The van der Waals surface area contributed by atoms with Crippen LogP contribution in [0.4, 0.5) is 22.0 Å². The average Bonchev–Trinajstić information content (AvgIpc) is 2.83. The number of nitrogens with zero attached hydrogens (tertiary/aromatic N) is 1. The zero-order valence-corrected chi connectivity index (χ0v) is 22.1. The van der Waals surface area contributed by atoms with E-state index in [9.17, 15) is 35.2 Å². The van der Waals surface area contributed by atoms with Crippen molar-refractivity contribution in [3.8, 4) is 24.0 Å². The van der Waals surface area contributed by atoms with E-state index in [0.717, 1.165) is 42.7 Å². The van der Waals surface area contributed by atoms with E-state index < -0.39 is 58.0 Å². The number of alkyl halides is 3. The summed E-state index contributed by atoms with van der Waals surface area (Å²) in [5, 5.41) is 2.47. The van der Waals surface area contributed by atoms with Crippen LogP contribution in [0.25, 0.3) is 6.08 Å². The van der Waals surface area contributed by atoms with Gasteiger partial charge in [-0.05, 0) is 24.3 Å². The Labute approximate surface area is 220 Å². The maximum absolute atomic E-state index is 14.5. The van der Waals surface area contributed by atoms with Crippen LogP contribution in [-0.4, -0.2) is 40.2 Å². The number of carbonyl (C=O) groups excluding carboxylic acids is 1. The van der Waals surface area contributed by atoms with Gasteiger partial charge in [-0.15, -0.1) is 0 Å². The summed E-state index contributed by atoms with van der Waals surface area (Å²) in [6.07, 6.45) is 3.77. The zero-order valence-electron chi connectivity index (χ0n) is 19.4. The Morgan fingerprint density at radius 1 is 1.16 bits per heavy atom. The van der Waals surface area contributed by atoms with Crippen molar-refractivity contribution in [1.29, 1.82) is 0 Å². The first-order chi connectivity index (χ1) is 17.7. The molecule has 0 saturated heterocycles. The van der Waals surface area contributed by atoms with Crippen LogP contribution in [0.1, 0.15) is 22.4 Å². The summed E-state index contributed by atoms with van der Waals surface area (Å²) >= 11 is -1.55. The van der Waals surface area contributed by atoms with E-state index in [4.69, 9.17) is 11.2 Å². The van der Waals surface area contributed by atoms with Gasteiger partial charge >= 0.3 is 162 Å². The number of terminal acetylenes is 1. The predicted octanol–water partition coefficient (Wildman–Crippen LogP) is 3.77. The third-order valence-electron chi connectivity index (χ3n) is 4.63. The molecule has 38 heavy (non-hydrogen) atoms. The van der Waals surface area contributed by atoms with Gasteiger partial charge in [-0.25, -0.2) is 4.39 Å². The molecule has 1 N–H and O–H groups in total. The van der Waals surface area contributed by atoms with Gasteiger partial charge in [0.25, 0.3) is 0 Å². The van der Waals surface area contributed by atoms with Crippen molar-refractivity contribution in [2.45, 2.75) is 12.7 Å². The molecule has 3 aromatic rings.